The van der Waals surface area contributed by atoms with Crippen molar-refractivity contribution in [2.75, 3.05) is 20.8 Å². The summed E-state index contributed by atoms with van der Waals surface area (Å²) in [4.78, 5) is 12.2. The third-order valence-corrected chi connectivity index (χ3v) is 5.55. The highest BCUT2D eigenvalue weighted by Gasteiger charge is 2.27. The molecule has 7 nitrogen and oxygen atoms in total. The lowest BCUT2D eigenvalue weighted by Gasteiger charge is -2.22. The molecule has 2 rings (SSSR count). The fourth-order valence-corrected chi connectivity index (χ4v) is 3.93. The van der Waals surface area contributed by atoms with Crippen molar-refractivity contribution in [3.05, 3.63) is 66.5 Å². The molecular formula is C20H23FN2O5S. The summed E-state index contributed by atoms with van der Waals surface area (Å²) in [5, 5.41) is 2.62. The fraction of sp³-hybridized carbons (Fsp3) is 0.250. The number of nitrogens with one attached hydrogen (secondary N) is 2. The van der Waals surface area contributed by atoms with Crippen LogP contribution >= 0.6 is 0 Å². The predicted octanol–water partition coefficient (Wildman–Crippen LogP) is 2.55. The van der Waals surface area contributed by atoms with E-state index in [0.29, 0.717) is 17.1 Å². The number of hydrogen-bond acceptors (Lipinski definition) is 5. The van der Waals surface area contributed by atoms with Crippen LogP contribution in [0.1, 0.15) is 18.0 Å². The molecule has 0 saturated heterocycles. The summed E-state index contributed by atoms with van der Waals surface area (Å²) in [6.07, 6.45) is 1.32. The average Bonchev–Trinajstić information content (AvgIpc) is 2.71. The number of carbonyl (C=O) groups excluding carboxylic acids is 1. The largest absolute Gasteiger partial charge is 0.493 e. The van der Waals surface area contributed by atoms with E-state index in [9.17, 15) is 17.6 Å². The molecule has 0 radical (unpaired) electrons. The molecule has 0 aliphatic rings. The van der Waals surface area contributed by atoms with Crippen LogP contribution in [0.2, 0.25) is 0 Å². The van der Waals surface area contributed by atoms with Gasteiger partial charge in [-0.25, -0.2) is 17.5 Å². The molecule has 0 aromatic heterocycles. The van der Waals surface area contributed by atoms with Gasteiger partial charge in [0, 0.05) is 18.5 Å². The van der Waals surface area contributed by atoms with Gasteiger partial charge >= 0.3 is 0 Å². The van der Waals surface area contributed by atoms with Crippen molar-refractivity contribution in [1.82, 2.24) is 10.0 Å². The van der Waals surface area contributed by atoms with Gasteiger partial charge in [0.15, 0.2) is 11.5 Å². The van der Waals surface area contributed by atoms with Gasteiger partial charge < -0.3 is 14.8 Å². The molecule has 2 N–H and O–H groups in total. The molecule has 156 valence electrons. The SMILES string of the molecule is C=CCNC(=O)CC(NS(=O)(=O)c1ccc(F)cc1)c1cccc(OC)c1OC. The molecule has 2 aromatic carbocycles. The van der Waals surface area contributed by atoms with E-state index in [4.69, 9.17) is 9.47 Å². The quantitative estimate of drug-likeness (QED) is 0.574. The van der Waals surface area contributed by atoms with Gasteiger partial charge in [0.2, 0.25) is 15.9 Å². The zero-order valence-electron chi connectivity index (χ0n) is 16.1. The van der Waals surface area contributed by atoms with E-state index in [2.05, 4.69) is 16.6 Å². The first-order chi connectivity index (χ1) is 13.8. The maximum atomic E-state index is 13.2. The van der Waals surface area contributed by atoms with Gasteiger partial charge in [0.05, 0.1) is 25.2 Å². The van der Waals surface area contributed by atoms with Crippen LogP contribution in [0.15, 0.2) is 60.0 Å². The number of amides is 1. The van der Waals surface area contributed by atoms with E-state index in [1.807, 2.05) is 0 Å². The lowest BCUT2D eigenvalue weighted by molar-refractivity contribution is -0.121. The lowest BCUT2D eigenvalue weighted by atomic mass is 10.0. The van der Waals surface area contributed by atoms with Crippen molar-refractivity contribution in [2.24, 2.45) is 0 Å². The molecule has 0 heterocycles. The summed E-state index contributed by atoms with van der Waals surface area (Å²) in [7, 11) is -1.17. The van der Waals surface area contributed by atoms with Crippen molar-refractivity contribution < 1.29 is 27.1 Å². The zero-order chi connectivity index (χ0) is 21.4. The lowest BCUT2D eigenvalue weighted by Crippen LogP contribution is -2.34. The van der Waals surface area contributed by atoms with Crippen LogP contribution in [0.3, 0.4) is 0 Å². The van der Waals surface area contributed by atoms with E-state index in [1.165, 1.54) is 20.3 Å². The van der Waals surface area contributed by atoms with Gasteiger partial charge in [0.1, 0.15) is 5.82 Å². The number of halogens is 1. The number of carbonyl (C=O) groups is 1. The minimum atomic E-state index is -4.05. The van der Waals surface area contributed by atoms with Gasteiger partial charge in [0.25, 0.3) is 0 Å². The van der Waals surface area contributed by atoms with E-state index in [1.54, 1.807) is 18.2 Å². The highest BCUT2D eigenvalue weighted by atomic mass is 32.2. The molecular weight excluding hydrogens is 399 g/mol. The van der Waals surface area contributed by atoms with Crippen LogP contribution in [0.4, 0.5) is 4.39 Å². The Labute approximate surface area is 169 Å². The summed E-state index contributed by atoms with van der Waals surface area (Å²) in [6.45, 7) is 3.77. The molecule has 29 heavy (non-hydrogen) atoms. The monoisotopic (exact) mass is 422 g/mol. The van der Waals surface area contributed by atoms with Crippen LogP contribution < -0.4 is 19.5 Å². The maximum Gasteiger partial charge on any atom is 0.241 e. The second kappa shape index (κ2) is 10.0. The second-order valence-electron chi connectivity index (χ2n) is 6.01. The summed E-state index contributed by atoms with van der Waals surface area (Å²) in [5.74, 6) is -0.249. The molecule has 0 aliphatic carbocycles. The van der Waals surface area contributed by atoms with E-state index in [-0.39, 0.29) is 23.8 Å². The molecule has 1 amide bonds. The Bertz CT molecular complexity index is 961. The van der Waals surface area contributed by atoms with Crippen LogP contribution in [0.25, 0.3) is 0 Å². The highest BCUT2D eigenvalue weighted by Crippen LogP contribution is 2.36. The maximum absolute atomic E-state index is 13.2. The highest BCUT2D eigenvalue weighted by molar-refractivity contribution is 7.89. The van der Waals surface area contributed by atoms with Crippen LogP contribution in [-0.2, 0) is 14.8 Å². The van der Waals surface area contributed by atoms with Crippen LogP contribution in [0, 0.1) is 5.82 Å². The normalized spacial score (nSPS) is 12.1. The van der Waals surface area contributed by atoms with E-state index >= 15 is 0 Å². The topological polar surface area (TPSA) is 93.7 Å². The Balaban J connectivity index is 2.44. The molecule has 2 aromatic rings. The van der Waals surface area contributed by atoms with E-state index < -0.39 is 21.9 Å². The van der Waals surface area contributed by atoms with Gasteiger partial charge in [-0.1, -0.05) is 18.2 Å². The van der Waals surface area contributed by atoms with E-state index in [0.717, 1.165) is 24.3 Å². The van der Waals surface area contributed by atoms with Gasteiger partial charge in [-0.05, 0) is 30.3 Å². The first kappa shape index (κ1) is 22.4. The Morgan fingerprint density at radius 2 is 1.86 bits per heavy atom. The number of para-hydroxylation sites is 1. The standard InChI is InChI=1S/C20H23FN2O5S/c1-4-12-22-19(24)13-17(16-6-5-7-18(27-2)20(16)28-3)23-29(25,26)15-10-8-14(21)9-11-15/h4-11,17,23H,1,12-13H2,2-3H3,(H,22,24). The summed E-state index contributed by atoms with van der Waals surface area (Å²) >= 11 is 0. The Morgan fingerprint density at radius 3 is 2.45 bits per heavy atom. The van der Waals surface area contributed by atoms with Crippen molar-refractivity contribution in [3.63, 3.8) is 0 Å². The smallest absolute Gasteiger partial charge is 0.241 e. The first-order valence-electron chi connectivity index (χ1n) is 8.68. The number of hydrogen-bond donors (Lipinski definition) is 2. The molecule has 0 spiro atoms. The third-order valence-electron chi connectivity index (χ3n) is 4.06. The number of methoxy groups -OCH3 is 2. The zero-order valence-corrected chi connectivity index (χ0v) is 17.0. The molecule has 0 saturated carbocycles. The number of sulfonamides is 1. The van der Waals surface area contributed by atoms with Crippen molar-refractivity contribution in [2.45, 2.75) is 17.4 Å². The molecule has 1 unspecified atom stereocenters. The molecule has 0 aliphatic heterocycles. The molecule has 9 heteroatoms. The number of ether oxygens (including phenoxy) is 2. The number of benzene rings is 2. The minimum absolute atomic E-state index is 0.128. The van der Waals surface area contributed by atoms with Crippen molar-refractivity contribution in [1.29, 1.82) is 0 Å². The number of rotatable bonds is 10. The second-order valence-corrected chi connectivity index (χ2v) is 7.72. The Hall–Kier alpha value is -2.91. The molecule has 0 bridgehead atoms. The van der Waals surface area contributed by atoms with Crippen molar-refractivity contribution in [3.8, 4) is 11.5 Å². The third kappa shape index (κ3) is 5.78. The van der Waals surface area contributed by atoms with Crippen LogP contribution in [0.5, 0.6) is 11.5 Å². The fourth-order valence-electron chi connectivity index (χ4n) is 2.71. The average molecular weight is 422 g/mol. The van der Waals surface area contributed by atoms with Gasteiger partial charge in [-0.3, -0.25) is 4.79 Å². The summed E-state index contributed by atoms with van der Waals surface area (Å²) in [6, 6.07) is 8.40. The molecule has 1 atom stereocenters. The van der Waals surface area contributed by atoms with Crippen LogP contribution in [-0.4, -0.2) is 35.1 Å². The van der Waals surface area contributed by atoms with Gasteiger partial charge in [-0.15, -0.1) is 6.58 Å². The predicted molar refractivity (Wildman–Crippen MR) is 107 cm³/mol. The first-order valence-corrected chi connectivity index (χ1v) is 10.2. The minimum Gasteiger partial charge on any atom is -0.493 e. The summed E-state index contributed by atoms with van der Waals surface area (Å²) in [5.41, 5.74) is 0.422. The van der Waals surface area contributed by atoms with Gasteiger partial charge in [-0.2, -0.15) is 0 Å². The Kier molecular flexibility index (Phi) is 7.74. The summed E-state index contributed by atoms with van der Waals surface area (Å²) < 4.78 is 52.0. The molecule has 0 fully saturated rings. The van der Waals surface area contributed by atoms with Crippen molar-refractivity contribution >= 4 is 15.9 Å². The Morgan fingerprint density at radius 1 is 1.17 bits per heavy atom.